The molecule has 0 fully saturated rings. The standard InChI is InChI=1S/C11H21ClO.H3N/c1-2-3-4-5-6-7-8-9-10-11(12)13;/h2-10H2,1H3;1H3. The average Bonchev–Trinajstić information content (AvgIpc) is 2.09. The van der Waals surface area contributed by atoms with Gasteiger partial charge < -0.3 is 6.15 Å². The summed E-state index contributed by atoms with van der Waals surface area (Å²) in [6.45, 7) is 2.23. The number of hydrogen-bond acceptors (Lipinski definition) is 2. The van der Waals surface area contributed by atoms with Crippen LogP contribution in [0.15, 0.2) is 0 Å². The third-order valence-electron chi connectivity index (χ3n) is 2.23. The lowest BCUT2D eigenvalue weighted by atomic mass is 10.1. The zero-order chi connectivity index (χ0) is 9.94. The van der Waals surface area contributed by atoms with Crippen molar-refractivity contribution in [3.05, 3.63) is 0 Å². The van der Waals surface area contributed by atoms with E-state index < -0.39 is 0 Å². The quantitative estimate of drug-likeness (QED) is 0.462. The molecule has 0 aliphatic heterocycles. The summed E-state index contributed by atoms with van der Waals surface area (Å²) in [5.41, 5.74) is 0. The smallest absolute Gasteiger partial charge is 0.221 e. The molecular formula is C11H24ClNO. The van der Waals surface area contributed by atoms with E-state index in [9.17, 15) is 4.79 Å². The van der Waals surface area contributed by atoms with Gasteiger partial charge in [-0.25, -0.2) is 0 Å². The van der Waals surface area contributed by atoms with Crippen LogP contribution in [0, 0.1) is 0 Å². The molecule has 0 radical (unpaired) electrons. The van der Waals surface area contributed by atoms with Crippen molar-refractivity contribution in [3.63, 3.8) is 0 Å². The number of rotatable bonds is 9. The minimum atomic E-state index is -0.189. The van der Waals surface area contributed by atoms with E-state index in [2.05, 4.69) is 6.92 Å². The molecule has 0 aromatic rings. The molecule has 2 nitrogen and oxygen atoms in total. The highest BCUT2D eigenvalue weighted by Crippen LogP contribution is 2.09. The van der Waals surface area contributed by atoms with Gasteiger partial charge >= 0.3 is 0 Å². The van der Waals surface area contributed by atoms with Gasteiger partial charge in [-0.3, -0.25) is 4.79 Å². The van der Waals surface area contributed by atoms with E-state index in [1.54, 1.807) is 0 Å². The van der Waals surface area contributed by atoms with Crippen molar-refractivity contribution in [2.24, 2.45) is 0 Å². The van der Waals surface area contributed by atoms with Gasteiger partial charge in [0.15, 0.2) is 0 Å². The van der Waals surface area contributed by atoms with Gasteiger partial charge in [-0.2, -0.15) is 0 Å². The molecule has 0 aliphatic rings. The molecule has 0 aliphatic carbocycles. The summed E-state index contributed by atoms with van der Waals surface area (Å²) in [5.74, 6) is 0. The van der Waals surface area contributed by atoms with Crippen LogP contribution in [0.25, 0.3) is 0 Å². The fraction of sp³-hybridized carbons (Fsp3) is 0.909. The van der Waals surface area contributed by atoms with Gasteiger partial charge in [0, 0.05) is 6.42 Å². The van der Waals surface area contributed by atoms with Crippen LogP contribution < -0.4 is 6.15 Å². The fourth-order valence-electron chi connectivity index (χ4n) is 1.40. The molecule has 0 saturated carbocycles. The number of halogens is 1. The van der Waals surface area contributed by atoms with Crippen molar-refractivity contribution in [1.29, 1.82) is 0 Å². The van der Waals surface area contributed by atoms with Crippen LogP contribution in [0.1, 0.15) is 64.7 Å². The largest absolute Gasteiger partial charge is 0.344 e. The Morgan fingerprint density at radius 3 is 1.79 bits per heavy atom. The van der Waals surface area contributed by atoms with Gasteiger partial charge in [0.2, 0.25) is 5.24 Å². The first-order chi connectivity index (χ1) is 6.27. The highest BCUT2D eigenvalue weighted by Gasteiger charge is 1.95. The summed E-state index contributed by atoms with van der Waals surface area (Å²) in [6, 6.07) is 0. The summed E-state index contributed by atoms with van der Waals surface area (Å²) in [7, 11) is 0. The second kappa shape index (κ2) is 12.9. The zero-order valence-electron chi connectivity index (χ0n) is 9.36. The van der Waals surface area contributed by atoms with Gasteiger partial charge in [0.05, 0.1) is 0 Å². The summed E-state index contributed by atoms with van der Waals surface area (Å²) in [6.07, 6.45) is 10.6. The second-order valence-electron chi connectivity index (χ2n) is 3.58. The number of unbranched alkanes of at least 4 members (excludes halogenated alkanes) is 7. The van der Waals surface area contributed by atoms with E-state index in [-0.39, 0.29) is 11.4 Å². The van der Waals surface area contributed by atoms with Crippen LogP contribution in [0.3, 0.4) is 0 Å². The van der Waals surface area contributed by atoms with E-state index in [4.69, 9.17) is 11.6 Å². The lowest BCUT2D eigenvalue weighted by Crippen LogP contribution is -1.86. The normalized spacial score (nSPS) is 9.57. The fourth-order valence-corrected chi connectivity index (χ4v) is 1.53. The monoisotopic (exact) mass is 221 g/mol. The van der Waals surface area contributed by atoms with Crippen molar-refractivity contribution >= 4 is 16.8 Å². The van der Waals surface area contributed by atoms with Crippen molar-refractivity contribution in [1.82, 2.24) is 6.15 Å². The Labute approximate surface area is 93.0 Å². The van der Waals surface area contributed by atoms with Crippen LogP contribution in [-0.4, -0.2) is 5.24 Å². The Balaban J connectivity index is 0. The second-order valence-corrected chi connectivity index (χ2v) is 4.00. The molecule has 0 unspecified atom stereocenters. The predicted octanol–water partition coefficient (Wildman–Crippen LogP) is 4.44. The molecule has 3 heteroatoms. The van der Waals surface area contributed by atoms with E-state index in [1.807, 2.05) is 0 Å². The molecule has 86 valence electrons. The molecule has 0 aromatic heterocycles. The van der Waals surface area contributed by atoms with Crippen LogP contribution in [0.2, 0.25) is 0 Å². The average molecular weight is 222 g/mol. The third-order valence-corrected chi connectivity index (χ3v) is 2.42. The molecule has 0 rings (SSSR count). The molecule has 14 heavy (non-hydrogen) atoms. The molecular weight excluding hydrogens is 198 g/mol. The van der Waals surface area contributed by atoms with Gasteiger partial charge in [0.25, 0.3) is 0 Å². The molecule has 0 amide bonds. The molecule has 0 heterocycles. The van der Waals surface area contributed by atoms with E-state index in [1.165, 1.54) is 38.5 Å². The van der Waals surface area contributed by atoms with Crippen molar-refractivity contribution in [3.8, 4) is 0 Å². The maximum atomic E-state index is 10.4. The number of carbonyl (C=O) groups is 1. The Morgan fingerprint density at radius 2 is 1.36 bits per heavy atom. The first-order valence-electron chi connectivity index (χ1n) is 5.45. The van der Waals surface area contributed by atoms with Gasteiger partial charge in [-0.15, -0.1) is 0 Å². The van der Waals surface area contributed by atoms with Crippen LogP contribution in [0.5, 0.6) is 0 Å². The van der Waals surface area contributed by atoms with Crippen LogP contribution >= 0.6 is 11.6 Å². The van der Waals surface area contributed by atoms with Crippen LogP contribution in [-0.2, 0) is 4.79 Å². The molecule has 0 spiro atoms. The van der Waals surface area contributed by atoms with Gasteiger partial charge in [-0.05, 0) is 18.0 Å². The molecule has 3 N–H and O–H groups in total. The lowest BCUT2D eigenvalue weighted by molar-refractivity contribution is -0.111. The first-order valence-corrected chi connectivity index (χ1v) is 5.83. The number of hydrogen-bond donors (Lipinski definition) is 1. The van der Waals surface area contributed by atoms with Crippen molar-refractivity contribution in [2.75, 3.05) is 0 Å². The summed E-state index contributed by atoms with van der Waals surface area (Å²) in [5, 5.41) is -0.189. The van der Waals surface area contributed by atoms with Crippen molar-refractivity contribution in [2.45, 2.75) is 64.7 Å². The Hall–Kier alpha value is -0.0800. The highest BCUT2D eigenvalue weighted by molar-refractivity contribution is 6.63. The van der Waals surface area contributed by atoms with Gasteiger partial charge in [-0.1, -0.05) is 51.9 Å². The molecule has 0 aromatic carbocycles. The Kier molecular flexibility index (Phi) is 15.1. The van der Waals surface area contributed by atoms with Gasteiger partial charge in [0.1, 0.15) is 0 Å². The zero-order valence-corrected chi connectivity index (χ0v) is 10.1. The predicted molar refractivity (Wildman–Crippen MR) is 63.1 cm³/mol. The van der Waals surface area contributed by atoms with E-state index in [0.29, 0.717) is 6.42 Å². The minimum absolute atomic E-state index is 0. The van der Waals surface area contributed by atoms with Crippen molar-refractivity contribution < 1.29 is 4.79 Å². The summed E-state index contributed by atoms with van der Waals surface area (Å²) in [4.78, 5) is 10.4. The third kappa shape index (κ3) is 14.4. The number of carbonyl (C=O) groups excluding carboxylic acids is 1. The van der Waals surface area contributed by atoms with E-state index >= 15 is 0 Å². The first kappa shape index (κ1) is 16.4. The maximum Gasteiger partial charge on any atom is 0.221 e. The summed E-state index contributed by atoms with van der Waals surface area (Å²) >= 11 is 5.22. The minimum Gasteiger partial charge on any atom is -0.344 e. The topological polar surface area (TPSA) is 52.1 Å². The Bertz CT molecular complexity index is 128. The molecule has 0 bridgehead atoms. The Morgan fingerprint density at radius 1 is 0.929 bits per heavy atom. The SMILES string of the molecule is CCCCCCCCCCC(=O)Cl.N. The highest BCUT2D eigenvalue weighted by atomic mass is 35.5. The summed E-state index contributed by atoms with van der Waals surface area (Å²) < 4.78 is 0. The van der Waals surface area contributed by atoms with E-state index in [0.717, 1.165) is 12.8 Å². The molecule has 0 saturated heterocycles. The molecule has 0 atom stereocenters. The maximum absolute atomic E-state index is 10.4. The lowest BCUT2D eigenvalue weighted by Gasteiger charge is -1.99. The van der Waals surface area contributed by atoms with Crippen LogP contribution in [0.4, 0.5) is 0 Å².